The molecule has 2 aromatic rings. The molecule has 1 unspecified atom stereocenters. The third kappa shape index (κ3) is 4.38. The van der Waals surface area contributed by atoms with Crippen molar-refractivity contribution in [2.75, 3.05) is 6.54 Å². The first-order valence-corrected chi connectivity index (χ1v) is 8.72. The molecule has 0 aliphatic carbocycles. The Hall–Kier alpha value is -2.75. The Bertz CT molecular complexity index is 1040. The van der Waals surface area contributed by atoms with Crippen LogP contribution < -0.4 is 10.5 Å². The molecule has 9 nitrogen and oxygen atoms in total. The van der Waals surface area contributed by atoms with Crippen molar-refractivity contribution < 1.29 is 24.0 Å². The van der Waals surface area contributed by atoms with E-state index in [-0.39, 0.29) is 51.8 Å². The number of rotatable bonds is 5. The van der Waals surface area contributed by atoms with Gasteiger partial charge in [0.05, 0.1) is 16.1 Å². The molecule has 146 valence electrons. The maximum absolute atomic E-state index is 12.1. The Morgan fingerprint density at radius 3 is 2.61 bits per heavy atom. The normalized spacial score (nSPS) is 15.1. The number of aliphatic hydroxyl groups is 1. The van der Waals surface area contributed by atoms with Crippen LogP contribution in [0.4, 0.5) is 0 Å². The molecule has 3 rings (SSSR count). The Balaban J connectivity index is 1.80. The highest BCUT2D eigenvalue weighted by atomic mass is 35.5. The second-order valence-electron chi connectivity index (χ2n) is 5.89. The average Bonchev–Trinajstić information content (AvgIpc) is 3.06. The van der Waals surface area contributed by atoms with Gasteiger partial charge in [0.1, 0.15) is 6.54 Å². The van der Waals surface area contributed by atoms with Crippen molar-refractivity contribution in [3.8, 4) is 5.75 Å². The van der Waals surface area contributed by atoms with Gasteiger partial charge in [0.15, 0.2) is 11.5 Å². The topological polar surface area (TPSA) is 135 Å². The monoisotopic (exact) mass is 425 g/mol. The van der Waals surface area contributed by atoms with Gasteiger partial charge in [-0.15, -0.1) is 0 Å². The summed E-state index contributed by atoms with van der Waals surface area (Å²) in [7, 11) is 0. The van der Waals surface area contributed by atoms with Gasteiger partial charge in [0.2, 0.25) is 17.5 Å². The van der Waals surface area contributed by atoms with Crippen LogP contribution in [0.2, 0.25) is 10.0 Å². The van der Waals surface area contributed by atoms with Gasteiger partial charge in [0.25, 0.3) is 0 Å². The molecule has 0 saturated carbocycles. The standard InChI is InChI=1S/C17H13Cl2N3O6/c1-7(23)9-5-14(20-6-13(9)25)27-15-10(18)2-8(3-11(15)19)4-12(24)16-21-17(26)28-22-16/h2-3,5,7,23H,4,6H2,1H3,(H,21,22,26). The minimum Gasteiger partial charge on any atom is -0.436 e. The molecule has 0 spiro atoms. The van der Waals surface area contributed by atoms with Crippen LogP contribution >= 0.6 is 23.2 Å². The van der Waals surface area contributed by atoms with Crippen molar-refractivity contribution in [3.05, 3.63) is 55.8 Å². The summed E-state index contributed by atoms with van der Waals surface area (Å²) >= 11 is 12.4. The number of ketones is 2. The minimum absolute atomic E-state index is 0.0725. The number of nitrogens with zero attached hydrogens (tertiary/aromatic N) is 2. The van der Waals surface area contributed by atoms with Crippen LogP contribution in [0.25, 0.3) is 0 Å². The number of benzene rings is 1. The van der Waals surface area contributed by atoms with E-state index in [9.17, 15) is 19.5 Å². The van der Waals surface area contributed by atoms with Crippen LogP contribution in [-0.4, -0.2) is 45.4 Å². The van der Waals surface area contributed by atoms with E-state index >= 15 is 0 Å². The van der Waals surface area contributed by atoms with Crippen LogP contribution in [0, 0.1) is 0 Å². The van der Waals surface area contributed by atoms with Gasteiger partial charge in [0, 0.05) is 18.1 Å². The van der Waals surface area contributed by atoms with E-state index in [0.29, 0.717) is 5.56 Å². The Morgan fingerprint density at radius 1 is 1.36 bits per heavy atom. The number of ether oxygens (including phenoxy) is 1. The summed E-state index contributed by atoms with van der Waals surface area (Å²) in [5, 5.41) is 13.2. The second-order valence-corrected chi connectivity index (χ2v) is 6.70. The number of carbonyl (C=O) groups is 2. The third-order valence-electron chi connectivity index (χ3n) is 3.76. The van der Waals surface area contributed by atoms with E-state index in [0.717, 1.165) is 0 Å². The van der Waals surface area contributed by atoms with Gasteiger partial charge >= 0.3 is 5.76 Å². The number of carbonyl (C=O) groups excluding carboxylic acids is 2. The number of nitrogens with one attached hydrogen (secondary N) is 1. The predicted molar refractivity (Wildman–Crippen MR) is 99.3 cm³/mol. The number of aromatic amines is 1. The average molecular weight is 426 g/mol. The largest absolute Gasteiger partial charge is 0.439 e. The number of dihydropyridines is 1. The van der Waals surface area contributed by atoms with Crippen molar-refractivity contribution in [1.82, 2.24) is 10.1 Å². The van der Waals surface area contributed by atoms with Gasteiger partial charge in [-0.1, -0.05) is 28.4 Å². The fraction of sp³-hybridized carbons (Fsp3) is 0.235. The van der Waals surface area contributed by atoms with Crippen molar-refractivity contribution in [3.63, 3.8) is 0 Å². The summed E-state index contributed by atoms with van der Waals surface area (Å²) in [6.07, 6.45) is 0.217. The molecule has 1 aliphatic rings. The first-order valence-electron chi connectivity index (χ1n) is 7.97. The molecule has 11 heteroatoms. The Labute approximate surface area is 167 Å². The summed E-state index contributed by atoms with van der Waals surface area (Å²) in [4.78, 5) is 40.9. The summed E-state index contributed by atoms with van der Waals surface area (Å²) in [6, 6.07) is 2.93. The lowest BCUT2D eigenvalue weighted by molar-refractivity contribution is -0.115. The first kappa shape index (κ1) is 20.0. The molecule has 28 heavy (non-hydrogen) atoms. The first-order chi connectivity index (χ1) is 13.2. The zero-order valence-electron chi connectivity index (χ0n) is 14.4. The number of aliphatic imine (C=N–C) groups is 1. The summed E-state index contributed by atoms with van der Waals surface area (Å²) in [6.45, 7) is 1.30. The van der Waals surface area contributed by atoms with E-state index in [1.165, 1.54) is 25.1 Å². The minimum atomic E-state index is -0.969. The van der Waals surface area contributed by atoms with Crippen molar-refractivity contribution in [2.24, 2.45) is 4.99 Å². The summed E-state index contributed by atoms with van der Waals surface area (Å²) in [5.74, 6) is -1.69. The zero-order chi connectivity index (χ0) is 20.4. The fourth-order valence-corrected chi connectivity index (χ4v) is 3.06. The quantitative estimate of drug-likeness (QED) is 0.696. The molecular formula is C17H13Cl2N3O6. The molecule has 2 heterocycles. The molecule has 1 aromatic carbocycles. The third-order valence-corrected chi connectivity index (χ3v) is 4.32. The highest BCUT2D eigenvalue weighted by Gasteiger charge is 2.22. The van der Waals surface area contributed by atoms with Crippen LogP contribution in [0.15, 0.2) is 38.1 Å². The Kier molecular flexibility index (Phi) is 5.78. The van der Waals surface area contributed by atoms with Gasteiger partial charge in [-0.05, 0) is 24.6 Å². The van der Waals surface area contributed by atoms with Crippen molar-refractivity contribution in [2.45, 2.75) is 19.4 Å². The molecule has 1 atom stereocenters. The van der Waals surface area contributed by atoms with Crippen molar-refractivity contribution in [1.29, 1.82) is 0 Å². The maximum atomic E-state index is 12.1. The predicted octanol–water partition coefficient (Wildman–Crippen LogP) is 1.76. The highest BCUT2D eigenvalue weighted by Crippen LogP contribution is 2.35. The molecule has 0 fully saturated rings. The van der Waals surface area contributed by atoms with E-state index in [2.05, 4.69) is 19.7 Å². The van der Waals surface area contributed by atoms with Crippen LogP contribution in [-0.2, 0) is 11.2 Å². The molecule has 0 bridgehead atoms. The van der Waals surface area contributed by atoms with Crippen LogP contribution in [0.3, 0.4) is 0 Å². The van der Waals surface area contributed by atoms with E-state index in [4.69, 9.17) is 27.9 Å². The number of H-pyrrole nitrogens is 1. The van der Waals surface area contributed by atoms with E-state index in [1.807, 2.05) is 0 Å². The van der Waals surface area contributed by atoms with Crippen molar-refractivity contribution >= 4 is 40.7 Å². The maximum Gasteiger partial charge on any atom is 0.439 e. The molecule has 0 amide bonds. The summed E-state index contributed by atoms with van der Waals surface area (Å²) < 4.78 is 9.87. The lowest BCUT2D eigenvalue weighted by Gasteiger charge is -2.16. The SMILES string of the molecule is CC(O)C1=CC(Oc2c(Cl)cc(CC(=O)c3noc(=O)[nH]3)cc2Cl)=NCC1=O. The lowest BCUT2D eigenvalue weighted by atomic mass is 10.0. The number of aliphatic hydroxyl groups excluding tert-OH is 1. The van der Waals surface area contributed by atoms with E-state index < -0.39 is 17.6 Å². The lowest BCUT2D eigenvalue weighted by Crippen LogP contribution is -2.25. The van der Waals surface area contributed by atoms with E-state index in [1.54, 1.807) is 0 Å². The van der Waals surface area contributed by atoms with Gasteiger partial charge < -0.3 is 9.84 Å². The number of Topliss-reactive ketones (excluding diaryl/α,β-unsaturated/α-hetero) is 2. The van der Waals surface area contributed by atoms with Gasteiger partial charge in [-0.2, -0.15) is 0 Å². The van der Waals surface area contributed by atoms with Crippen LogP contribution in [0.5, 0.6) is 5.75 Å². The number of halogens is 2. The number of aromatic nitrogens is 2. The van der Waals surface area contributed by atoms with Gasteiger partial charge in [-0.25, -0.2) is 9.79 Å². The number of hydrogen-bond acceptors (Lipinski definition) is 8. The smallest absolute Gasteiger partial charge is 0.436 e. The molecule has 0 saturated heterocycles. The Morgan fingerprint density at radius 2 is 2.04 bits per heavy atom. The summed E-state index contributed by atoms with van der Waals surface area (Å²) in [5.41, 5.74) is 0.623. The molecule has 1 aliphatic heterocycles. The zero-order valence-corrected chi connectivity index (χ0v) is 15.9. The molecule has 2 N–H and O–H groups in total. The second kappa shape index (κ2) is 8.09. The molecule has 1 aromatic heterocycles. The highest BCUT2D eigenvalue weighted by molar-refractivity contribution is 6.37. The van der Waals surface area contributed by atoms with Crippen LogP contribution in [0.1, 0.15) is 23.1 Å². The number of hydrogen-bond donors (Lipinski definition) is 2. The molecule has 0 radical (unpaired) electrons. The molecular weight excluding hydrogens is 413 g/mol. The fourth-order valence-electron chi connectivity index (χ4n) is 2.45. The van der Waals surface area contributed by atoms with Gasteiger partial charge in [-0.3, -0.25) is 19.1 Å².